The second kappa shape index (κ2) is 4.95. The van der Waals surface area contributed by atoms with Crippen LogP contribution in [0.15, 0.2) is 18.2 Å². The van der Waals surface area contributed by atoms with E-state index in [4.69, 9.17) is 4.74 Å². The van der Waals surface area contributed by atoms with Gasteiger partial charge in [0.25, 0.3) is 0 Å². The van der Waals surface area contributed by atoms with E-state index >= 15 is 0 Å². The van der Waals surface area contributed by atoms with Crippen LogP contribution in [0.2, 0.25) is 0 Å². The molecule has 5 nitrogen and oxygen atoms in total. The summed E-state index contributed by atoms with van der Waals surface area (Å²) < 4.78 is 5.25. The minimum absolute atomic E-state index is 0.0832. The minimum atomic E-state index is -0.134. The summed E-state index contributed by atoms with van der Waals surface area (Å²) in [4.78, 5) is 11.0. The molecule has 1 heterocycles. The Balaban J connectivity index is 2.02. The van der Waals surface area contributed by atoms with Crippen molar-refractivity contribution in [3.05, 3.63) is 23.8 Å². The summed E-state index contributed by atoms with van der Waals surface area (Å²) in [7, 11) is 0. The molecule has 0 aliphatic carbocycles. The third-order valence-electron chi connectivity index (χ3n) is 2.65. The normalized spacial score (nSPS) is 18.6. The van der Waals surface area contributed by atoms with E-state index in [1.54, 1.807) is 12.1 Å². The molecule has 1 saturated heterocycles. The maximum absolute atomic E-state index is 11.0. The highest BCUT2D eigenvalue weighted by Gasteiger charge is 2.20. The van der Waals surface area contributed by atoms with Crippen LogP contribution in [-0.2, 0) is 6.42 Å². The lowest BCUT2D eigenvalue weighted by molar-refractivity contribution is 0.247. The van der Waals surface area contributed by atoms with Gasteiger partial charge < -0.3 is 20.5 Å². The number of phenols is 1. The first-order valence-electron chi connectivity index (χ1n) is 5.68. The van der Waals surface area contributed by atoms with Crippen molar-refractivity contribution in [1.29, 1.82) is 0 Å². The molecule has 1 unspecified atom stereocenters. The smallest absolute Gasteiger partial charge is 0.315 e. The molecule has 1 atom stereocenters. The van der Waals surface area contributed by atoms with Gasteiger partial charge >= 0.3 is 6.03 Å². The summed E-state index contributed by atoms with van der Waals surface area (Å²) in [6, 6.07) is 5.27. The van der Waals surface area contributed by atoms with Gasteiger partial charge in [-0.05, 0) is 31.0 Å². The lowest BCUT2D eigenvalue weighted by Gasteiger charge is -2.11. The number of aromatic hydroxyl groups is 1. The third-order valence-corrected chi connectivity index (χ3v) is 2.65. The number of urea groups is 1. The molecule has 92 valence electrons. The second-order valence-corrected chi connectivity index (χ2v) is 3.99. The number of amides is 2. The first-order chi connectivity index (χ1) is 8.19. The highest BCUT2D eigenvalue weighted by molar-refractivity contribution is 5.76. The van der Waals surface area contributed by atoms with Crippen molar-refractivity contribution < 1.29 is 14.6 Å². The van der Waals surface area contributed by atoms with E-state index in [0.29, 0.717) is 25.3 Å². The number of nitrogens with one attached hydrogen (secondary N) is 2. The van der Waals surface area contributed by atoms with Crippen molar-refractivity contribution in [2.75, 3.05) is 13.2 Å². The number of carbonyl (C=O) groups is 1. The molecule has 1 aromatic rings. The largest absolute Gasteiger partial charge is 0.504 e. The van der Waals surface area contributed by atoms with Crippen molar-refractivity contribution in [1.82, 2.24) is 10.6 Å². The third kappa shape index (κ3) is 2.81. The molecule has 17 heavy (non-hydrogen) atoms. The molecule has 0 saturated carbocycles. The van der Waals surface area contributed by atoms with E-state index in [-0.39, 0.29) is 17.8 Å². The average molecular weight is 236 g/mol. The van der Waals surface area contributed by atoms with Gasteiger partial charge in [-0.2, -0.15) is 0 Å². The predicted octanol–water partition coefficient (Wildman–Crippen LogP) is 1.01. The molecule has 0 radical (unpaired) electrons. The van der Waals surface area contributed by atoms with Gasteiger partial charge in [-0.15, -0.1) is 0 Å². The van der Waals surface area contributed by atoms with Gasteiger partial charge in [0.1, 0.15) is 0 Å². The van der Waals surface area contributed by atoms with Gasteiger partial charge in [0, 0.05) is 6.54 Å². The number of rotatable bonds is 4. The number of benzene rings is 1. The predicted molar refractivity (Wildman–Crippen MR) is 63.3 cm³/mol. The summed E-state index contributed by atoms with van der Waals surface area (Å²) in [6.45, 7) is 3.01. The van der Waals surface area contributed by atoms with Crippen molar-refractivity contribution in [2.45, 2.75) is 19.4 Å². The standard InChI is InChI=1S/C12H16N2O3/c1-2-17-11-4-3-8(6-10(11)15)5-9-7-13-12(16)14-9/h3-4,6,9,15H,2,5,7H2,1H3,(H2,13,14,16). The molecule has 1 aliphatic rings. The Morgan fingerprint density at radius 3 is 2.94 bits per heavy atom. The molecular formula is C12H16N2O3. The SMILES string of the molecule is CCOc1ccc(CC2CNC(=O)N2)cc1O. The van der Waals surface area contributed by atoms with Gasteiger partial charge in [0.15, 0.2) is 11.5 Å². The van der Waals surface area contributed by atoms with Gasteiger partial charge in [0.2, 0.25) is 0 Å². The van der Waals surface area contributed by atoms with E-state index < -0.39 is 0 Å². The molecule has 5 heteroatoms. The topological polar surface area (TPSA) is 70.6 Å². The van der Waals surface area contributed by atoms with Crippen LogP contribution in [0.5, 0.6) is 11.5 Å². The number of hydrogen-bond acceptors (Lipinski definition) is 3. The first kappa shape index (κ1) is 11.6. The first-order valence-corrected chi connectivity index (χ1v) is 5.68. The minimum Gasteiger partial charge on any atom is -0.504 e. The zero-order chi connectivity index (χ0) is 12.3. The second-order valence-electron chi connectivity index (χ2n) is 3.99. The quantitative estimate of drug-likeness (QED) is 0.730. The Hall–Kier alpha value is -1.91. The number of hydrogen-bond donors (Lipinski definition) is 3. The molecule has 2 rings (SSSR count). The van der Waals surface area contributed by atoms with Gasteiger partial charge in [0.05, 0.1) is 12.6 Å². The van der Waals surface area contributed by atoms with Crippen LogP contribution in [0.4, 0.5) is 4.79 Å². The van der Waals surface area contributed by atoms with Crippen LogP contribution in [0, 0.1) is 0 Å². The van der Waals surface area contributed by atoms with E-state index in [1.165, 1.54) is 0 Å². The molecule has 0 aromatic heterocycles. The van der Waals surface area contributed by atoms with Crippen molar-refractivity contribution in [2.24, 2.45) is 0 Å². The lowest BCUT2D eigenvalue weighted by Crippen LogP contribution is -2.28. The van der Waals surface area contributed by atoms with Gasteiger partial charge in [-0.25, -0.2) is 4.79 Å². The average Bonchev–Trinajstić information content (AvgIpc) is 2.68. The Kier molecular flexibility index (Phi) is 3.37. The van der Waals surface area contributed by atoms with Crippen molar-refractivity contribution in [3.63, 3.8) is 0 Å². The molecule has 0 spiro atoms. The maximum Gasteiger partial charge on any atom is 0.315 e. The molecule has 1 aromatic carbocycles. The number of ether oxygens (including phenoxy) is 1. The summed E-state index contributed by atoms with van der Waals surface area (Å²) >= 11 is 0. The fraction of sp³-hybridized carbons (Fsp3) is 0.417. The van der Waals surface area contributed by atoms with E-state index in [2.05, 4.69) is 10.6 Å². The van der Waals surface area contributed by atoms with Crippen LogP contribution in [0.3, 0.4) is 0 Å². The van der Waals surface area contributed by atoms with Crippen LogP contribution >= 0.6 is 0 Å². The number of carbonyl (C=O) groups excluding carboxylic acids is 1. The summed E-state index contributed by atoms with van der Waals surface area (Å²) in [6.07, 6.45) is 0.693. The van der Waals surface area contributed by atoms with Crippen LogP contribution < -0.4 is 15.4 Å². The molecular weight excluding hydrogens is 220 g/mol. The molecule has 1 fully saturated rings. The van der Waals surface area contributed by atoms with E-state index in [9.17, 15) is 9.90 Å². The van der Waals surface area contributed by atoms with Crippen molar-refractivity contribution in [3.8, 4) is 11.5 Å². The Morgan fingerprint density at radius 1 is 1.53 bits per heavy atom. The van der Waals surface area contributed by atoms with Crippen molar-refractivity contribution >= 4 is 6.03 Å². The monoisotopic (exact) mass is 236 g/mol. The molecule has 0 bridgehead atoms. The summed E-state index contributed by atoms with van der Waals surface area (Å²) in [5.74, 6) is 0.631. The van der Waals surface area contributed by atoms with Crippen LogP contribution in [-0.4, -0.2) is 30.3 Å². The van der Waals surface area contributed by atoms with Gasteiger partial charge in [-0.3, -0.25) is 0 Å². The molecule has 2 amide bonds. The van der Waals surface area contributed by atoms with Gasteiger partial charge in [-0.1, -0.05) is 6.07 Å². The zero-order valence-electron chi connectivity index (χ0n) is 9.69. The van der Waals surface area contributed by atoms with E-state index in [1.807, 2.05) is 13.0 Å². The molecule has 3 N–H and O–H groups in total. The van der Waals surface area contributed by atoms with Crippen LogP contribution in [0.1, 0.15) is 12.5 Å². The summed E-state index contributed by atoms with van der Waals surface area (Å²) in [5.41, 5.74) is 0.972. The zero-order valence-corrected chi connectivity index (χ0v) is 9.69. The lowest BCUT2D eigenvalue weighted by atomic mass is 10.1. The highest BCUT2D eigenvalue weighted by Crippen LogP contribution is 2.27. The Bertz CT molecular complexity index is 420. The maximum atomic E-state index is 11.0. The Labute approximate surface area is 99.8 Å². The number of phenolic OH excluding ortho intramolecular Hbond substituents is 1. The summed E-state index contributed by atoms with van der Waals surface area (Å²) in [5, 5.41) is 15.2. The molecule has 1 aliphatic heterocycles. The Morgan fingerprint density at radius 2 is 2.35 bits per heavy atom. The van der Waals surface area contributed by atoms with E-state index in [0.717, 1.165) is 5.56 Å². The fourth-order valence-corrected chi connectivity index (χ4v) is 1.88. The van der Waals surface area contributed by atoms with Crippen LogP contribution in [0.25, 0.3) is 0 Å². The highest BCUT2D eigenvalue weighted by atomic mass is 16.5. The fourth-order valence-electron chi connectivity index (χ4n) is 1.88.